The van der Waals surface area contributed by atoms with Crippen molar-refractivity contribution in [2.75, 3.05) is 32.2 Å². The number of anilines is 1. The molecule has 7 N–H and O–H groups in total. The summed E-state index contributed by atoms with van der Waals surface area (Å²) in [5, 5.41) is 9.46. The molecule has 1 atom stereocenters. The highest BCUT2D eigenvalue weighted by Crippen LogP contribution is 2.45. The van der Waals surface area contributed by atoms with Crippen molar-refractivity contribution in [1.82, 2.24) is 5.32 Å². The SMILES string of the molecule is C=CCOc1ccc2ccccc2c1-c1c(OCC(=O)N[C@H](CCC[NH+]=C(N)N)C(=O)Nc2cccc(C(=O)OC)c2)ccc2ccccc12.[Cl-]. The van der Waals surface area contributed by atoms with Crippen LogP contribution in [0.15, 0.2) is 110 Å². The normalized spacial score (nSPS) is 11.1. The van der Waals surface area contributed by atoms with E-state index in [0.717, 1.165) is 32.7 Å². The summed E-state index contributed by atoms with van der Waals surface area (Å²) in [6.07, 6.45) is 2.41. The molecule has 12 heteroatoms. The van der Waals surface area contributed by atoms with E-state index in [9.17, 15) is 14.4 Å². The highest BCUT2D eigenvalue weighted by molar-refractivity contribution is 6.10. The minimum absolute atomic E-state index is 0. The van der Waals surface area contributed by atoms with Crippen LogP contribution in [0.1, 0.15) is 23.2 Å². The van der Waals surface area contributed by atoms with Gasteiger partial charge in [-0.25, -0.2) is 4.79 Å². The minimum Gasteiger partial charge on any atom is -1.00 e. The van der Waals surface area contributed by atoms with E-state index in [2.05, 4.69) is 22.2 Å². The highest BCUT2D eigenvalue weighted by atomic mass is 35.5. The third-order valence-corrected chi connectivity index (χ3v) is 7.95. The summed E-state index contributed by atoms with van der Waals surface area (Å²) >= 11 is 0. The zero-order chi connectivity index (χ0) is 35.5. The van der Waals surface area contributed by atoms with Crippen molar-refractivity contribution in [3.63, 3.8) is 0 Å². The summed E-state index contributed by atoms with van der Waals surface area (Å²) in [4.78, 5) is 41.8. The number of rotatable bonds is 15. The molecule has 0 aromatic heterocycles. The number of carbonyl (C=O) groups excluding carboxylic acids is 3. The van der Waals surface area contributed by atoms with Gasteiger partial charge in [-0.2, -0.15) is 0 Å². The number of benzene rings is 5. The van der Waals surface area contributed by atoms with Crippen LogP contribution in [0.25, 0.3) is 32.7 Å². The van der Waals surface area contributed by atoms with E-state index in [1.807, 2.05) is 72.8 Å². The maximum atomic E-state index is 13.5. The second-order valence-corrected chi connectivity index (χ2v) is 11.4. The van der Waals surface area contributed by atoms with Gasteiger partial charge in [-0.15, -0.1) is 0 Å². The molecule has 5 aromatic carbocycles. The lowest BCUT2D eigenvalue weighted by molar-refractivity contribution is -0.459. The molecule has 5 rings (SSSR count). The predicted octanol–water partition coefficient (Wildman–Crippen LogP) is 0.652. The molecule has 0 spiro atoms. The van der Waals surface area contributed by atoms with E-state index in [-0.39, 0.29) is 37.0 Å². The summed E-state index contributed by atoms with van der Waals surface area (Å²) in [5.74, 6) is -0.356. The van der Waals surface area contributed by atoms with Crippen LogP contribution in [0.3, 0.4) is 0 Å². The van der Waals surface area contributed by atoms with Gasteiger partial charge in [0.15, 0.2) is 6.61 Å². The number of guanidine groups is 1. The molecule has 0 fully saturated rings. The first kappa shape index (κ1) is 37.7. The zero-order valence-electron chi connectivity index (χ0n) is 28.1. The van der Waals surface area contributed by atoms with Crippen LogP contribution in [0.5, 0.6) is 11.5 Å². The number of esters is 1. The summed E-state index contributed by atoms with van der Waals surface area (Å²) in [5.41, 5.74) is 13.3. The maximum absolute atomic E-state index is 13.5. The summed E-state index contributed by atoms with van der Waals surface area (Å²) in [7, 11) is 1.28. The first-order chi connectivity index (χ1) is 24.3. The lowest BCUT2D eigenvalue weighted by Crippen LogP contribution is -3.00. The molecule has 0 unspecified atom stereocenters. The van der Waals surface area contributed by atoms with E-state index < -0.39 is 23.8 Å². The van der Waals surface area contributed by atoms with E-state index in [0.29, 0.717) is 36.8 Å². The second-order valence-electron chi connectivity index (χ2n) is 11.4. The van der Waals surface area contributed by atoms with Gasteiger partial charge in [0.25, 0.3) is 5.91 Å². The zero-order valence-corrected chi connectivity index (χ0v) is 28.9. The van der Waals surface area contributed by atoms with Crippen LogP contribution >= 0.6 is 0 Å². The van der Waals surface area contributed by atoms with Gasteiger partial charge in [0.05, 0.1) is 19.2 Å². The fraction of sp³-hybridized carbons (Fsp3) is 0.179. The molecular weight excluding hydrogens is 670 g/mol. The molecule has 5 aromatic rings. The predicted molar refractivity (Wildman–Crippen MR) is 195 cm³/mol. The minimum atomic E-state index is -0.943. The molecule has 0 saturated carbocycles. The fourth-order valence-electron chi connectivity index (χ4n) is 5.67. The Bertz CT molecular complexity index is 2060. The fourth-order valence-corrected chi connectivity index (χ4v) is 5.67. The number of ether oxygens (including phenoxy) is 3. The molecule has 0 heterocycles. The standard InChI is InChI=1S/C39H39N5O6.ClH/c1-3-22-49-32-19-17-25-10-4-6-14-29(25)35(32)36-30-15-7-5-11-26(30)18-20-33(36)50-24-34(45)44-31(16-9-21-42-39(40)41)37(46)43-28-13-8-12-27(23-28)38(47)48-2;/h3-8,10-15,17-20,23,31H,1,9,16,21-22,24H2,2H3,(H,43,46)(H,44,45)(H4,40,41,42);1H/t31-;/m1./s1. The van der Waals surface area contributed by atoms with Crippen LogP contribution in [-0.4, -0.2) is 56.7 Å². The third kappa shape index (κ3) is 9.55. The van der Waals surface area contributed by atoms with Gasteiger partial charge in [-0.3, -0.25) is 26.0 Å². The van der Waals surface area contributed by atoms with Gasteiger partial charge in [0, 0.05) is 16.8 Å². The average molecular weight is 710 g/mol. The molecule has 264 valence electrons. The quantitative estimate of drug-likeness (QED) is 0.0347. The molecule has 0 saturated heterocycles. The Morgan fingerprint density at radius 1 is 0.843 bits per heavy atom. The number of amides is 2. The van der Waals surface area contributed by atoms with Gasteiger partial charge >= 0.3 is 11.9 Å². The Morgan fingerprint density at radius 3 is 2.08 bits per heavy atom. The van der Waals surface area contributed by atoms with Gasteiger partial charge in [0.1, 0.15) is 24.1 Å². The first-order valence-electron chi connectivity index (χ1n) is 16.1. The van der Waals surface area contributed by atoms with Crippen molar-refractivity contribution >= 4 is 51.0 Å². The molecule has 0 bridgehead atoms. The Balaban J connectivity index is 0.00000583. The Kier molecular flexibility index (Phi) is 13.4. The number of hydrogen-bond acceptors (Lipinski definition) is 6. The van der Waals surface area contributed by atoms with Crippen molar-refractivity contribution < 1.29 is 46.0 Å². The Hall–Kier alpha value is -6.07. The van der Waals surface area contributed by atoms with Crippen molar-refractivity contribution in [3.8, 4) is 22.6 Å². The van der Waals surface area contributed by atoms with Crippen molar-refractivity contribution in [3.05, 3.63) is 115 Å². The van der Waals surface area contributed by atoms with E-state index in [1.54, 1.807) is 24.3 Å². The lowest BCUT2D eigenvalue weighted by Gasteiger charge is -2.21. The van der Waals surface area contributed by atoms with Crippen LogP contribution in [-0.2, 0) is 14.3 Å². The maximum Gasteiger partial charge on any atom is 0.338 e. The molecular formula is C39H40ClN5O6. The number of halogens is 1. The Morgan fingerprint density at radius 2 is 1.47 bits per heavy atom. The monoisotopic (exact) mass is 709 g/mol. The molecule has 0 aliphatic carbocycles. The highest BCUT2D eigenvalue weighted by Gasteiger charge is 2.23. The van der Waals surface area contributed by atoms with Crippen LogP contribution in [0, 0.1) is 0 Å². The molecule has 51 heavy (non-hydrogen) atoms. The van der Waals surface area contributed by atoms with Gasteiger partial charge in [0.2, 0.25) is 5.91 Å². The number of fused-ring (bicyclic) bond motifs is 2. The van der Waals surface area contributed by atoms with Gasteiger partial charge in [-0.1, -0.05) is 79.4 Å². The number of carbonyl (C=O) groups is 3. The van der Waals surface area contributed by atoms with Gasteiger partial charge in [-0.05, 0) is 64.7 Å². The van der Waals surface area contributed by atoms with Crippen molar-refractivity contribution in [2.45, 2.75) is 18.9 Å². The second kappa shape index (κ2) is 18.1. The van der Waals surface area contributed by atoms with Gasteiger partial charge < -0.3 is 37.3 Å². The lowest BCUT2D eigenvalue weighted by atomic mass is 9.92. The Labute approximate surface area is 302 Å². The molecule has 2 amide bonds. The largest absolute Gasteiger partial charge is 1.00 e. The summed E-state index contributed by atoms with van der Waals surface area (Å²) < 4.78 is 17.2. The van der Waals surface area contributed by atoms with E-state index in [1.165, 1.54) is 13.2 Å². The van der Waals surface area contributed by atoms with E-state index >= 15 is 0 Å². The van der Waals surface area contributed by atoms with Crippen LogP contribution in [0.2, 0.25) is 0 Å². The third-order valence-electron chi connectivity index (χ3n) is 7.95. The topological polar surface area (TPSA) is 169 Å². The van der Waals surface area contributed by atoms with Crippen LogP contribution < -0.4 is 49.0 Å². The molecule has 0 radical (unpaired) electrons. The van der Waals surface area contributed by atoms with Crippen molar-refractivity contribution in [1.29, 1.82) is 0 Å². The summed E-state index contributed by atoms with van der Waals surface area (Å²) in [6, 6.07) is 29.0. The first-order valence-corrected chi connectivity index (χ1v) is 16.1. The molecule has 0 aliphatic rings. The number of nitrogens with two attached hydrogens (primary N) is 2. The molecule has 11 nitrogen and oxygen atoms in total. The van der Waals surface area contributed by atoms with E-state index in [4.69, 9.17) is 25.7 Å². The smallest absolute Gasteiger partial charge is 0.338 e. The van der Waals surface area contributed by atoms with Crippen molar-refractivity contribution in [2.24, 2.45) is 11.5 Å². The number of hydrogen-bond donors (Lipinski definition) is 5. The average Bonchev–Trinajstić information content (AvgIpc) is 3.13. The molecule has 0 aliphatic heterocycles. The van der Waals surface area contributed by atoms with Crippen LogP contribution in [0.4, 0.5) is 5.69 Å². The number of methoxy groups -OCH3 is 1. The summed E-state index contributed by atoms with van der Waals surface area (Å²) in [6.45, 7) is 4.12. The number of nitrogens with one attached hydrogen (secondary N) is 3.